The van der Waals surface area contributed by atoms with Crippen molar-refractivity contribution in [2.45, 2.75) is 44.8 Å². The smallest absolute Gasteiger partial charge is 0.326 e. The third-order valence-electron chi connectivity index (χ3n) is 4.09. The number of hydrogen-bond donors (Lipinski definition) is 2. The summed E-state index contributed by atoms with van der Waals surface area (Å²) >= 11 is 0. The van der Waals surface area contributed by atoms with Crippen molar-refractivity contribution in [1.82, 2.24) is 5.32 Å². The van der Waals surface area contributed by atoms with E-state index in [1.807, 2.05) is 37.3 Å². The van der Waals surface area contributed by atoms with Crippen LogP contribution in [0.4, 0.5) is 0 Å². The van der Waals surface area contributed by atoms with Gasteiger partial charge in [0.25, 0.3) is 0 Å². The lowest BCUT2D eigenvalue weighted by molar-refractivity contribution is -0.143. The van der Waals surface area contributed by atoms with Crippen LogP contribution in [0.25, 0.3) is 0 Å². The van der Waals surface area contributed by atoms with Crippen LogP contribution in [0.15, 0.2) is 30.3 Å². The van der Waals surface area contributed by atoms with Gasteiger partial charge in [-0.25, -0.2) is 4.79 Å². The van der Waals surface area contributed by atoms with E-state index in [0.29, 0.717) is 25.9 Å². The van der Waals surface area contributed by atoms with Crippen LogP contribution in [-0.2, 0) is 20.7 Å². The predicted molar refractivity (Wildman–Crippen MR) is 82.5 cm³/mol. The molecule has 2 rings (SSSR count). The maximum Gasteiger partial charge on any atom is 0.326 e. The molecule has 1 aromatic rings. The van der Waals surface area contributed by atoms with Crippen LogP contribution >= 0.6 is 0 Å². The monoisotopic (exact) mass is 305 g/mol. The summed E-state index contributed by atoms with van der Waals surface area (Å²) in [5, 5.41) is 12.0. The zero-order valence-corrected chi connectivity index (χ0v) is 12.8. The molecule has 1 heterocycles. The Morgan fingerprint density at radius 3 is 2.73 bits per heavy atom. The maximum absolute atomic E-state index is 12.3. The minimum absolute atomic E-state index is 0.0990. The minimum Gasteiger partial charge on any atom is -0.480 e. The van der Waals surface area contributed by atoms with Crippen molar-refractivity contribution in [1.29, 1.82) is 0 Å². The van der Waals surface area contributed by atoms with Crippen LogP contribution in [0.2, 0.25) is 0 Å². The van der Waals surface area contributed by atoms with Gasteiger partial charge in [-0.05, 0) is 24.8 Å². The second-order valence-electron chi connectivity index (χ2n) is 5.71. The standard InChI is InChI=1S/C17H23NO4/c1-2-14-11-13(8-9-22-14)16(19)18-15(17(20)21)10-12-6-4-3-5-7-12/h3-7,13-15H,2,8-11H2,1H3,(H,18,19)(H,20,21)/t13?,14?,15-/m1/s1. The van der Waals surface area contributed by atoms with Crippen molar-refractivity contribution in [3.63, 3.8) is 0 Å². The van der Waals surface area contributed by atoms with Crippen molar-refractivity contribution in [3.05, 3.63) is 35.9 Å². The Morgan fingerprint density at radius 1 is 1.36 bits per heavy atom. The molecule has 1 amide bonds. The summed E-state index contributed by atoms with van der Waals surface area (Å²) in [7, 11) is 0. The largest absolute Gasteiger partial charge is 0.480 e. The summed E-state index contributed by atoms with van der Waals surface area (Å²) in [4.78, 5) is 23.7. The molecule has 3 atom stereocenters. The first-order chi connectivity index (χ1) is 10.6. The molecule has 0 aliphatic carbocycles. The predicted octanol–water partition coefficient (Wildman–Crippen LogP) is 2.00. The molecular formula is C17H23NO4. The number of carbonyl (C=O) groups is 2. The highest BCUT2D eigenvalue weighted by atomic mass is 16.5. The molecule has 0 aromatic heterocycles. The number of benzene rings is 1. The Balaban J connectivity index is 1.95. The van der Waals surface area contributed by atoms with Gasteiger partial charge in [-0.15, -0.1) is 0 Å². The Hall–Kier alpha value is -1.88. The summed E-state index contributed by atoms with van der Waals surface area (Å²) in [6.45, 7) is 2.59. The maximum atomic E-state index is 12.3. The van der Waals surface area contributed by atoms with E-state index in [1.165, 1.54) is 0 Å². The molecule has 1 aromatic carbocycles. The normalized spacial score (nSPS) is 22.8. The van der Waals surface area contributed by atoms with E-state index in [4.69, 9.17) is 4.74 Å². The molecule has 0 radical (unpaired) electrons. The second-order valence-corrected chi connectivity index (χ2v) is 5.71. The van der Waals surface area contributed by atoms with Gasteiger partial charge in [0.2, 0.25) is 5.91 Å². The topological polar surface area (TPSA) is 75.6 Å². The SMILES string of the molecule is CCC1CC(C(=O)N[C@H](Cc2ccccc2)C(=O)O)CCO1. The lowest BCUT2D eigenvalue weighted by atomic mass is 9.93. The first-order valence-corrected chi connectivity index (χ1v) is 7.78. The van der Waals surface area contributed by atoms with Crippen molar-refractivity contribution in [2.75, 3.05) is 6.61 Å². The number of aliphatic carboxylic acids is 1. The highest BCUT2D eigenvalue weighted by molar-refractivity contribution is 5.85. The first-order valence-electron chi connectivity index (χ1n) is 7.78. The average molecular weight is 305 g/mol. The Morgan fingerprint density at radius 2 is 2.09 bits per heavy atom. The second kappa shape index (κ2) is 7.94. The lowest BCUT2D eigenvalue weighted by Crippen LogP contribution is -2.46. The van der Waals surface area contributed by atoms with E-state index in [1.54, 1.807) is 0 Å². The fourth-order valence-corrected chi connectivity index (χ4v) is 2.74. The molecule has 5 nitrogen and oxygen atoms in total. The van der Waals surface area contributed by atoms with Gasteiger partial charge >= 0.3 is 5.97 Å². The van der Waals surface area contributed by atoms with Crippen molar-refractivity contribution in [3.8, 4) is 0 Å². The fourth-order valence-electron chi connectivity index (χ4n) is 2.74. The summed E-state index contributed by atoms with van der Waals surface area (Å²) in [6, 6.07) is 8.44. The molecule has 0 spiro atoms. The summed E-state index contributed by atoms with van der Waals surface area (Å²) in [5.74, 6) is -1.34. The molecule has 0 saturated carbocycles. The molecule has 2 unspecified atom stereocenters. The molecule has 1 fully saturated rings. The number of nitrogens with one attached hydrogen (secondary N) is 1. The van der Waals surface area contributed by atoms with Crippen molar-refractivity contribution < 1.29 is 19.4 Å². The van der Waals surface area contributed by atoms with Gasteiger partial charge in [0.05, 0.1) is 6.10 Å². The molecule has 2 N–H and O–H groups in total. The number of carboxylic acids is 1. The van der Waals surface area contributed by atoms with Crippen LogP contribution in [-0.4, -0.2) is 35.7 Å². The van der Waals surface area contributed by atoms with Gasteiger partial charge in [0.1, 0.15) is 6.04 Å². The van der Waals surface area contributed by atoms with E-state index in [0.717, 1.165) is 12.0 Å². The first kappa shape index (κ1) is 16.5. The van der Waals surface area contributed by atoms with Crippen LogP contribution in [0.1, 0.15) is 31.7 Å². The number of ether oxygens (including phenoxy) is 1. The number of hydrogen-bond acceptors (Lipinski definition) is 3. The van der Waals surface area contributed by atoms with E-state index in [-0.39, 0.29) is 17.9 Å². The number of rotatable bonds is 6. The van der Waals surface area contributed by atoms with Crippen LogP contribution in [0, 0.1) is 5.92 Å². The Kier molecular flexibility index (Phi) is 5.95. The number of carbonyl (C=O) groups excluding carboxylic acids is 1. The molecule has 5 heteroatoms. The molecule has 120 valence electrons. The number of amides is 1. The summed E-state index contributed by atoms with van der Waals surface area (Å²) in [6.07, 6.45) is 2.58. The molecule has 1 saturated heterocycles. The van der Waals surface area contributed by atoms with E-state index in [2.05, 4.69) is 5.32 Å². The van der Waals surface area contributed by atoms with Gasteiger partial charge in [0.15, 0.2) is 0 Å². The van der Waals surface area contributed by atoms with E-state index < -0.39 is 12.0 Å². The van der Waals surface area contributed by atoms with Crippen LogP contribution in [0.3, 0.4) is 0 Å². The highest BCUT2D eigenvalue weighted by Gasteiger charge is 2.30. The Bertz CT molecular complexity index is 503. The quantitative estimate of drug-likeness (QED) is 0.843. The van der Waals surface area contributed by atoms with Gasteiger partial charge in [-0.3, -0.25) is 4.79 Å². The molecule has 22 heavy (non-hydrogen) atoms. The molecule has 1 aliphatic rings. The minimum atomic E-state index is -1.00. The molecular weight excluding hydrogens is 282 g/mol. The zero-order chi connectivity index (χ0) is 15.9. The third-order valence-corrected chi connectivity index (χ3v) is 4.09. The van der Waals surface area contributed by atoms with Gasteiger partial charge in [-0.2, -0.15) is 0 Å². The average Bonchev–Trinajstić information content (AvgIpc) is 2.55. The third kappa shape index (κ3) is 4.56. The van der Waals surface area contributed by atoms with Crippen molar-refractivity contribution >= 4 is 11.9 Å². The summed E-state index contributed by atoms with van der Waals surface area (Å²) in [5.41, 5.74) is 0.897. The Labute approximate surface area is 130 Å². The van der Waals surface area contributed by atoms with Crippen molar-refractivity contribution in [2.24, 2.45) is 5.92 Å². The van der Waals surface area contributed by atoms with E-state index >= 15 is 0 Å². The number of carboxylic acid groups (broad SMARTS) is 1. The van der Waals surface area contributed by atoms with Crippen LogP contribution in [0.5, 0.6) is 0 Å². The highest BCUT2D eigenvalue weighted by Crippen LogP contribution is 2.22. The van der Waals surface area contributed by atoms with Crippen LogP contribution < -0.4 is 5.32 Å². The summed E-state index contributed by atoms with van der Waals surface area (Å²) < 4.78 is 5.56. The molecule has 1 aliphatic heterocycles. The zero-order valence-electron chi connectivity index (χ0n) is 12.8. The van der Waals surface area contributed by atoms with Gasteiger partial charge < -0.3 is 15.2 Å². The van der Waals surface area contributed by atoms with E-state index in [9.17, 15) is 14.7 Å². The lowest BCUT2D eigenvalue weighted by Gasteiger charge is -2.29. The van der Waals surface area contributed by atoms with Gasteiger partial charge in [0, 0.05) is 18.9 Å². The molecule has 0 bridgehead atoms. The fraction of sp³-hybridized carbons (Fsp3) is 0.529. The van der Waals surface area contributed by atoms with Gasteiger partial charge in [-0.1, -0.05) is 37.3 Å².